The average molecular weight is 181 g/mol. The highest BCUT2D eigenvalue weighted by molar-refractivity contribution is 5.18. The number of aryl methyl sites for hydroxylation is 1. The Morgan fingerprint density at radius 2 is 2.23 bits per heavy atom. The van der Waals surface area contributed by atoms with Crippen LogP contribution in [0.1, 0.15) is 44.1 Å². The van der Waals surface area contributed by atoms with Crippen LogP contribution in [-0.4, -0.2) is 0 Å². The molecule has 2 heteroatoms. The van der Waals surface area contributed by atoms with E-state index in [4.69, 9.17) is 10.2 Å². The van der Waals surface area contributed by atoms with E-state index in [1.807, 2.05) is 13.0 Å². The zero-order valence-electron chi connectivity index (χ0n) is 8.71. The molecule has 0 fully saturated rings. The van der Waals surface area contributed by atoms with Crippen molar-refractivity contribution in [3.63, 3.8) is 0 Å². The predicted octanol–water partition coefficient (Wildman–Crippen LogP) is 3.02. The van der Waals surface area contributed by atoms with Gasteiger partial charge in [-0.2, -0.15) is 0 Å². The second-order valence-corrected chi connectivity index (χ2v) is 3.76. The van der Waals surface area contributed by atoms with E-state index in [-0.39, 0.29) is 6.04 Å². The van der Waals surface area contributed by atoms with E-state index in [0.717, 1.165) is 17.7 Å². The molecule has 0 radical (unpaired) electrons. The maximum atomic E-state index is 6.08. The van der Waals surface area contributed by atoms with Crippen molar-refractivity contribution >= 4 is 0 Å². The smallest absolute Gasteiger partial charge is 0.123 e. The van der Waals surface area contributed by atoms with E-state index >= 15 is 0 Å². The molecule has 0 amide bonds. The minimum absolute atomic E-state index is 0.0509. The van der Waals surface area contributed by atoms with Crippen molar-refractivity contribution in [1.82, 2.24) is 0 Å². The first-order chi connectivity index (χ1) is 6.16. The zero-order valence-corrected chi connectivity index (χ0v) is 8.71. The topological polar surface area (TPSA) is 39.2 Å². The van der Waals surface area contributed by atoms with Gasteiger partial charge in [0.15, 0.2) is 0 Å². The molecular formula is C11H19NO. The fraction of sp³-hybridized carbons (Fsp3) is 0.636. The van der Waals surface area contributed by atoms with Crippen LogP contribution in [0.3, 0.4) is 0 Å². The molecule has 2 unspecified atom stereocenters. The molecule has 2 nitrogen and oxygen atoms in total. The van der Waals surface area contributed by atoms with Crippen LogP contribution >= 0.6 is 0 Å². The fourth-order valence-corrected chi connectivity index (χ4v) is 1.62. The second-order valence-electron chi connectivity index (χ2n) is 3.76. The van der Waals surface area contributed by atoms with Gasteiger partial charge in [0.2, 0.25) is 0 Å². The van der Waals surface area contributed by atoms with Gasteiger partial charge >= 0.3 is 0 Å². The summed E-state index contributed by atoms with van der Waals surface area (Å²) in [6.07, 6.45) is 4.04. The first-order valence-corrected chi connectivity index (χ1v) is 4.96. The summed E-state index contributed by atoms with van der Waals surface area (Å²) in [7, 11) is 0. The van der Waals surface area contributed by atoms with Crippen molar-refractivity contribution in [1.29, 1.82) is 0 Å². The number of nitrogens with two attached hydrogens (primary N) is 1. The lowest BCUT2D eigenvalue weighted by atomic mass is 9.94. The first-order valence-electron chi connectivity index (χ1n) is 4.96. The SMILES string of the molecule is CCCC(C)C(N)c1occc1C. The van der Waals surface area contributed by atoms with E-state index in [0.29, 0.717) is 5.92 Å². The van der Waals surface area contributed by atoms with E-state index in [9.17, 15) is 0 Å². The zero-order chi connectivity index (χ0) is 9.84. The Kier molecular flexibility index (Phi) is 3.55. The molecule has 1 heterocycles. The van der Waals surface area contributed by atoms with Gasteiger partial charge in [0.25, 0.3) is 0 Å². The standard InChI is InChI=1S/C11H19NO/c1-4-5-8(2)10(12)11-9(3)6-7-13-11/h6-8,10H,4-5,12H2,1-3H3. The lowest BCUT2D eigenvalue weighted by Gasteiger charge is -2.17. The minimum Gasteiger partial charge on any atom is -0.467 e. The molecule has 0 saturated carbocycles. The third kappa shape index (κ3) is 2.34. The van der Waals surface area contributed by atoms with Gasteiger partial charge in [-0.05, 0) is 30.9 Å². The van der Waals surface area contributed by atoms with Gasteiger partial charge < -0.3 is 10.2 Å². The van der Waals surface area contributed by atoms with Crippen LogP contribution in [0.5, 0.6) is 0 Å². The Labute approximate surface area is 80.1 Å². The largest absolute Gasteiger partial charge is 0.467 e. The Balaban J connectivity index is 2.67. The second kappa shape index (κ2) is 4.47. The van der Waals surface area contributed by atoms with Crippen molar-refractivity contribution in [2.45, 2.75) is 39.7 Å². The van der Waals surface area contributed by atoms with Crippen molar-refractivity contribution in [2.24, 2.45) is 11.7 Å². The molecule has 0 aromatic carbocycles. The lowest BCUT2D eigenvalue weighted by molar-refractivity contribution is 0.363. The number of hydrogen-bond donors (Lipinski definition) is 1. The van der Waals surface area contributed by atoms with Crippen LogP contribution in [0.15, 0.2) is 16.7 Å². The number of rotatable bonds is 4. The van der Waals surface area contributed by atoms with Gasteiger partial charge in [-0.15, -0.1) is 0 Å². The molecule has 0 spiro atoms. The van der Waals surface area contributed by atoms with Crippen molar-refractivity contribution in [3.05, 3.63) is 23.7 Å². The summed E-state index contributed by atoms with van der Waals surface area (Å²) in [4.78, 5) is 0. The van der Waals surface area contributed by atoms with Crippen LogP contribution in [0.2, 0.25) is 0 Å². The highest BCUT2D eigenvalue weighted by Crippen LogP contribution is 2.25. The third-order valence-electron chi connectivity index (χ3n) is 2.56. The molecule has 74 valence electrons. The van der Waals surface area contributed by atoms with Crippen LogP contribution in [0, 0.1) is 12.8 Å². The van der Waals surface area contributed by atoms with Gasteiger partial charge in [0.05, 0.1) is 12.3 Å². The molecule has 1 aromatic rings. The van der Waals surface area contributed by atoms with Crippen LogP contribution in [-0.2, 0) is 0 Å². The van der Waals surface area contributed by atoms with Crippen LogP contribution in [0.25, 0.3) is 0 Å². The first kappa shape index (κ1) is 10.3. The van der Waals surface area contributed by atoms with E-state index in [2.05, 4.69) is 13.8 Å². The van der Waals surface area contributed by atoms with Gasteiger partial charge in [0.1, 0.15) is 5.76 Å². The maximum absolute atomic E-state index is 6.08. The van der Waals surface area contributed by atoms with Gasteiger partial charge in [-0.1, -0.05) is 20.3 Å². The van der Waals surface area contributed by atoms with Gasteiger partial charge in [-0.25, -0.2) is 0 Å². The molecule has 0 saturated heterocycles. The summed E-state index contributed by atoms with van der Waals surface area (Å²) in [6.45, 7) is 6.39. The Hall–Kier alpha value is -0.760. The minimum atomic E-state index is 0.0509. The molecular weight excluding hydrogens is 162 g/mol. The van der Waals surface area contributed by atoms with Crippen LogP contribution in [0.4, 0.5) is 0 Å². The lowest BCUT2D eigenvalue weighted by Crippen LogP contribution is -2.19. The molecule has 0 aliphatic rings. The van der Waals surface area contributed by atoms with Gasteiger partial charge in [0, 0.05) is 0 Å². The number of furan rings is 1. The summed E-state index contributed by atoms with van der Waals surface area (Å²) >= 11 is 0. The summed E-state index contributed by atoms with van der Waals surface area (Å²) in [5, 5.41) is 0. The molecule has 2 N–H and O–H groups in total. The monoisotopic (exact) mass is 181 g/mol. The van der Waals surface area contributed by atoms with Crippen molar-refractivity contribution < 1.29 is 4.42 Å². The normalized spacial score (nSPS) is 15.7. The summed E-state index contributed by atoms with van der Waals surface area (Å²) < 4.78 is 5.37. The van der Waals surface area contributed by atoms with E-state index < -0.39 is 0 Å². The Bertz CT molecular complexity index is 254. The third-order valence-corrected chi connectivity index (χ3v) is 2.56. The van der Waals surface area contributed by atoms with E-state index in [1.54, 1.807) is 6.26 Å². The van der Waals surface area contributed by atoms with Crippen molar-refractivity contribution in [3.8, 4) is 0 Å². The molecule has 1 rings (SSSR count). The van der Waals surface area contributed by atoms with Crippen molar-refractivity contribution in [2.75, 3.05) is 0 Å². The molecule has 1 aromatic heterocycles. The molecule has 0 aliphatic heterocycles. The molecule has 2 atom stereocenters. The maximum Gasteiger partial charge on any atom is 0.123 e. The molecule has 0 aliphatic carbocycles. The summed E-state index contributed by atoms with van der Waals surface area (Å²) in [6, 6.07) is 2.02. The Morgan fingerprint density at radius 1 is 1.54 bits per heavy atom. The quantitative estimate of drug-likeness (QED) is 0.775. The highest BCUT2D eigenvalue weighted by atomic mass is 16.3. The average Bonchev–Trinajstić information content (AvgIpc) is 2.50. The van der Waals surface area contributed by atoms with Crippen LogP contribution < -0.4 is 5.73 Å². The molecule has 13 heavy (non-hydrogen) atoms. The van der Waals surface area contributed by atoms with Gasteiger partial charge in [-0.3, -0.25) is 0 Å². The van der Waals surface area contributed by atoms with E-state index in [1.165, 1.54) is 6.42 Å². The Morgan fingerprint density at radius 3 is 2.69 bits per heavy atom. The number of hydrogen-bond acceptors (Lipinski definition) is 2. The summed E-state index contributed by atoms with van der Waals surface area (Å²) in [5.74, 6) is 1.44. The fourth-order valence-electron chi connectivity index (χ4n) is 1.62. The summed E-state index contributed by atoms with van der Waals surface area (Å²) in [5.41, 5.74) is 7.24. The highest BCUT2D eigenvalue weighted by Gasteiger charge is 2.18. The predicted molar refractivity (Wildman–Crippen MR) is 54.4 cm³/mol. The molecule has 0 bridgehead atoms.